The summed E-state index contributed by atoms with van der Waals surface area (Å²) < 4.78 is 38.4. The van der Waals surface area contributed by atoms with E-state index >= 15 is 0 Å². The number of carbonyl (C=O) groups excluding carboxylic acids is 1. The maximum Gasteiger partial charge on any atom is 0.251 e. The van der Waals surface area contributed by atoms with Gasteiger partial charge in [0.2, 0.25) is 10.0 Å². The van der Waals surface area contributed by atoms with Gasteiger partial charge in [0.15, 0.2) is 0 Å². The summed E-state index contributed by atoms with van der Waals surface area (Å²) in [5.74, 6) is 0.286. The van der Waals surface area contributed by atoms with Crippen molar-refractivity contribution in [2.45, 2.75) is 30.4 Å². The Morgan fingerprint density at radius 1 is 1.28 bits per heavy atom. The van der Waals surface area contributed by atoms with E-state index in [-0.39, 0.29) is 34.7 Å². The van der Waals surface area contributed by atoms with Crippen LogP contribution in [0.15, 0.2) is 47.4 Å². The van der Waals surface area contributed by atoms with Crippen LogP contribution in [0, 0.1) is 0 Å². The minimum absolute atomic E-state index is 0.0502. The Hall–Kier alpha value is -2.13. The third-order valence-electron chi connectivity index (χ3n) is 4.60. The number of halogens is 1. The van der Waals surface area contributed by atoms with Gasteiger partial charge in [-0.1, -0.05) is 23.7 Å². The lowest BCUT2D eigenvalue weighted by molar-refractivity contribution is 0.0950. The molecule has 0 spiro atoms. The minimum atomic E-state index is -3.87. The van der Waals surface area contributed by atoms with Gasteiger partial charge >= 0.3 is 0 Å². The molecule has 1 atom stereocenters. The number of methoxy groups -OCH3 is 1. The van der Waals surface area contributed by atoms with E-state index in [1.807, 2.05) is 24.3 Å². The van der Waals surface area contributed by atoms with Crippen molar-refractivity contribution in [1.82, 2.24) is 10.0 Å². The lowest BCUT2D eigenvalue weighted by Gasteiger charge is -2.13. The molecule has 1 saturated heterocycles. The number of benzene rings is 2. The second kappa shape index (κ2) is 9.58. The maximum atomic E-state index is 12.6. The van der Waals surface area contributed by atoms with Gasteiger partial charge in [-0.3, -0.25) is 4.79 Å². The Balaban J connectivity index is 1.69. The molecule has 2 aromatic rings. The minimum Gasteiger partial charge on any atom is -0.497 e. The predicted octanol–water partition coefficient (Wildman–Crippen LogP) is 2.74. The van der Waals surface area contributed by atoms with Gasteiger partial charge in [0.05, 0.1) is 18.2 Å². The summed E-state index contributed by atoms with van der Waals surface area (Å²) in [7, 11) is -2.30. The van der Waals surface area contributed by atoms with Gasteiger partial charge in [-0.25, -0.2) is 13.1 Å². The monoisotopic (exact) mass is 438 g/mol. The van der Waals surface area contributed by atoms with Gasteiger partial charge in [-0.15, -0.1) is 0 Å². The fourth-order valence-electron chi connectivity index (χ4n) is 3.00. The lowest BCUT2D eigenvalue weighted by Crippen LogP contribution is -2.32. The molecule has 1 fully saturated rings. The third-order valence-corrected chi connectivity index (χ3v) is 6.50. The number of ether oxygens (including phenoxy) is 2. The SMILES string of the molecule is COc1cccc(CNC(=O)c2ccc(Cl)c(S(=O)(=O)NCC3CCCO3)c2)c1. The Kier molecular flexibility index (Phi) is 7.13. The average molecular weight is 439 g/mol. The molecule has 0 saturated carbocycles. The zero-order chi connectivity index (χ0) is 20.9. The van der Waals surface area contributed by atoms with Gasteiger partial charge in [-0.2, -0.15) is 0 Å². The molecule has 29 heavy (non-hydrogen) atoms. The Bertz CT molecular complexity index is 975. The molecule has 2 N–H and O–H groups in total. The Morgan fingerprint density at radius 2 is 2.10 bits per heavy atom. The van der Waals surface area contributed by atoms with Crippen LogP contribution in [0.5, 0.6) is 5.75 Å². The van der Waals surface area contributed by atoms with Crippen LogP contribution < -0.4 is 14.8 Å². The number of amides is 1. The second-order valence-electron chi connectivity index (χ2n) is 6.67. The van der Waals surface area contributed by atoms with E-state index in [4.69, 9.17) is 21.1 Å². The quantitative estimate of drug-likeness (QED) is 0.661. The highest BCUT2D eigenvalue weighted by molar-refractivity contribution is 7.89. The van der Waals surface area contributed by atoms with Crippen LogP contribution in [0.25, 0.3) is 0 Å². The molecular weight excluding hydrogens is 416 g/mol. The first-order chi connectivity index (χ1) is 13.9. The molecule has 1 aliphatic heterocycles. The van der Waals surface area contributed by atoms with Crippen molar-refractivity contribution in [1.29, 1.82) is 0 Å². The van der Waals surface area contributed by atoms with Crippen molar-refractivity contribution < 1.29 is 22.7 Å². The molecule has 2 aromatic carbocycles. The van der Waals surface area contributed by atoms with E-state index in [0.29, 0.717) is 12.4 Å². The average Bonchev–Trinajstić information content (AvgIpc) is 3.25. The van der Waals surface area contributed by atoms with Crippen LogP contribution in [0.2, 0.25) is 5.02 Å². The van der Waals surface area contributed by atoms with Crippen LogP contribution in [0.4, 0.5) is 0 Å². The largest absolute Gasteiger partial charge is 0.497 e. The van der Waals surface area contributed by atoms with Crippen molar-refractivity contribution in [3.63, 3.8) is 0 Å². The van der Waals surface area contributed by atoms with Crippen LogP contribution in [0.1, 0.15) is 28.8 Å². The number of hydrogen-bond donors (Lipinski definition) is 2. The molecule has 156 valence electrons. The summed E-state index contributed by atoms with van der Waals surface area (Å²) in [6, 6.07) is 11.5. The normalized spacial score (nSPS) is 16.6. The van der Waals surface area contributed by atoms with Gasteiger partial charge in [0.25, 0.3) is 5.91 Å². The molecule has 7 nitrogen and oxygen atoms in total. The van der Waals surface area contributed by atoms with Crippen LogP contribution in [-0.4, -0.2) is 40.7 Å². The molecule has 0 bridgehead atoms. The van der Waals surface area contributed by atoms with Crippen LogP contribution >= 0.6 is 11.6 Å². The number of carbonyl (C=O) groups is 1. The highest BCUT2D eigenvalue weighted by atomic mass is 35.5. The van der Waals surface area contributed by atoms with Crippen molar-refractivity contribution in [3.05, 3.63) is 58.6 Å². The summed E-state index contributed by atoms with van der Waals surface area (Å²) in [6.45, 7) is 1.08. The fraction of sp³-hybridized carbons (Fsp3) is 0.350. The number of sulfonamides is 1. The maximum absolute atomic E-state index is 12.6. The molecule has 1 aliphatic rings. The topological polar surface area (TPSA) is 93.7 Å². The van der Waals surface area contributed by atoms with Crippen molar-refractivity contribution in [3.8, 4) is 5.75 Å². The van der Waals surface area contributed by atoms with Gasteiger partial charge < -0.3 is 14.8 Å². The number of rotatable bonds is 8. The smallest absolute Gasteiger partial charge is 0.251 e. The molecular formula is C20H23ClN2O5S. The van der Waals surface area contributed by atoms with E-state index in [9.17, 15) is 13.2 Å². The zero-order valence-corrected chi connectivity index (χ0v) is 17.6. The van der Waals surface area contributed by atoms with Crippen molar-refractivity contribution in [2.24, 2.45) is 0 Å². The summed E-state index contributed by atoms with van der Waals surface area (Å²) in [5.41, 5.74) is 1.06. The van der Waals surface area contributed by atoms with Crippen LogP contribution in [-0.2, 0) is 21.3 Å². The first-order valence-electron chi connectivity index (χ1n) is 9.21. The summed E-state index contributed by atoms with van der Waals surface area (Å²) in [4.78, 5) is 12.4. The standard InChI is InChI=1S/C20H23ClN2O5S/c1-27-16-5-2-4-14(10-16)12-22-20(24)15-7-8-18(21)19(11-15)29(25,26)23-13-17-6-3-9-28-17/h2,4-5,7-8,10-11,17,23H,3,6,9,12-13H2,1H3,(H,22,24). The molecule has 1 amide bonds. The number of hydrogen-bond acceptors (Lipinski definition) is 5. The van der Waals surface area contributed by atoms with Gasteiger partial charge in [0, 0.05) is 25.3 Å². The summed E-state index contributed by atoms with van der Waals surface area (Å²) in [6.07, 6.45) is 1.58. The summed E-state index contributed by atoms with van der Waals surface area (Å²) in [5, 5.41) is 2.82. The van der Waals surface area contributed by atoms with E-state index in [2.05, 4.69) is 10.0 Å². The fourth-order valence-corrected chi connectivity index (χ4v) is 4.59. The van der Waals surface area contributed by atoms with Gasteiger partial charge in [-0.05, 0) is 48.7 Å². The van der Waals surface area contributed by atoms with E-state index in [1.165, 1.54) is 18.2 Å². The molecule has 3 rings (SSSR count). The van der Waals surface area contributed by atoms with E-state index < -0.39 is 15.9 Å². The zero-order valence-electron chi connectivity index (χ0n) is 16.0. The van der Waals surface area contributed by atoms with E-state index in [1.54, 1.807) is 7.11 Å². The highest BCUT2D eigenvalue weighted by Crippen LogP contribution is 2.23. The predicted molar refractivity (Wildman–Crippen MR) is 110 cm³/mol. The van der Waals surface area contributed by atoms with Crippen LogP contribution in [0.3, 0.4) is 0 Å². The first-order valence-corrected chi connectivity index (χ1v) is 11.1. The molecule has 0 radical (unpaired) electrons. The lowest BCUT2D eigenvalue weighted by atomic mass is 10.2. The molecule has 9 heteroatoms. The molecule has 0 aliphatic carbocycles. The van der Waals surface area contributed by atoms with Gasteiger partial charge in [0.1, 0.15) is 10.6 Å². The third kappa shape index (κ3) is 5.70. The van der Waals surface area contributed by atoms with E-state index in [0.717, 1.165) is 18.4 Å². The van der Waals surface area contributed by atoms with Crippen molar-refractivity contribution >= 4 is 27.5 Å². The molecule has 1 heterocycles. The highest BCUT2D eigenvalue weighted by Gasteiger charge is 2.23. The molecule has 1 unspecified atom stereocenters. The first kappa shape index (κ1) is 21.6. The van der Waals surface area contributed by atoms with Crippen molar-refractivity contribution in [2.75, 3.05) is 20.3 Å². The second-order valence-corrected chi connectivity index (χ2v) is 8.81. The Morgan fingerprint density at radius 3 is 2.83 bits per heavy atom. The number of nitrogens with one attached hydrogen (secondary N) is 2. The Labute approximate surface area is 175 Å². The summed E-state index contributed by atoms with van der Waals surface area (Å²) >= 11 is 6.09. The molecule has 0 aromatic heterocycles.